The molecule has 3 aliphatic rings. The van der Waals surface area contributed by atoms with E-state index in [1.807, 2.05) is 32.0 Å². The number of phenolic OH excluding ortho intramolecular Hbond substituents is 1. The molecule has 3 aliphatic heterocycles. The van der Waals surface area contributed by atoms with Crippen LogP contribution < -0.4 is 23.7 Å². The summed E-state index contributed by atoms with van der Waals surface area (Å²) in [6.45, 7) is 4.74. The van der Waals surface area contributed by atoms with E-state index in [0.29, 0.717) is 30.3 Å². The maximum atomic E-state index is 10.7. The highest BCUT2D eigenvalue weighted by molar-refractivity contribution is 5.64. The van der Waals surface area contributed by atoms with Crippen molar-refractivity contribution in [1.29, 1.82) is 0 Å². The minimum atomic E-state index is -0.207. The van der Waals surface area contributed by atoms with E-state index in [-0.39, 0.29) is 24.6 Å². The summed E-state index contributed by atoms with van der Waals surface area (Å²) in [6, 6.07) is 5.84. The van der Waals surface area contributed by atoms with Crippen LogP contribution in [0, 0.1) is 0 Å². The Labute approximate surface area is 163 Å². The van der Waals surface area contributed by atoms with Crippen molar-refractivity contribution in [3.05, 3.63) is 46.5 Å². The fourth-order valence-electron chi connectivity index (χ4n) is 4.07. The van der Waals surface area contributed by atoms with E-state index in [9.17, 15) is 5.11 Å². The Morgan fingerprint density at radius 1 is 1.11 bits per heavy atom. The van der Waals surface area contributed by atoms with E-state index >= 15 is 0 Å². The average Bonchev–Trinajstić information content (AvgIpc) is 3.27. The number of allylic oxidation sites excluding steroid dienone is 2. The lowest BCUT2D eigenvalue weighted by Crippen LogP contribution is -2.24. The van der Waals surface area contributed by atoms with Crippen molar-refractivity contribution in [3.63, 3.8) is 0 Å². The summed E-state index contributed by atoms with van der Waals surface area (Å²) in [4.78, 5) is 0. The van der Waals surface area contributed by atoms with Gasteiger partial charge in [-0.25, -0.2) is 0 Å². The van der Waals surface area contributed by atoms with Crippen LogP contribution >= 0.6 is 0 Å². The second kappa shape index (κ2) is 6.26. The van der Waals surface area contributed by atoms with Gasteiger partial charge in [-0.2, -0.15) is 0 Å². The number of methoxy groups -OCH3 is 1. The van der Waals surface area contributed by atoms with Gasteiger partial charge in [0.05, 0.1) is 19.6 Å². The van der Waals surface area contributed by atoms with Crippen LogP contribution in [0.5, 0.6) is 34.5 Å². The molecule has 146 valence electrons. The van der Waals surface area contributed by atoms with Gasteiger partial charge in [-0.3, -0.25) is 0 Å². The van der Waals surface area contributed by atoms with Crippen molar-refractivity contribution in [2.24, 2.45) is 0 Å². The van der Waals surface area contributed by atoms with E-state index < -0.39 is 0 Å². The minimum Gasteiger partial charge on any atom is -0.504 e. The van der Waals surface area contributed by atoms with Crippen LogP contribution in [0.1, 0.15) is 42.6 Å². The van der Waals surface area contributed by atoms with E-state index in [1.165, 1.54) is 5.57 Å². The standard InChI is InChI=1S/C22H22O6/c1-11(2)4-5-12-6-14-20-15(9-25-21(14)22(24-3)19(12)23)13-7-17-18(27-10-26-17)8-16(13)28-20/h4,6-8,15,20,23H,5,9-10H2,1-3H3/t15-,20-/m0/s1. The molecule has 6 nitrogen and oxygen atoms in total. The van der Waals surface area contributed by atoms with Crippen LogP contribution in [0.3, 0.4) is 0 Å². The Bertz CT molecular complexity index is 989. The molecule has 0 aromatic heterocycles. The summed E-state index contributed by atoms with van der Waals surface area (Å²) < 4.78 is 28.8. The van der Waals surface area contributed by atoms with Crippen molar-refractivity contribution >= 4 is 0 Å². The fourth-order valence-corrected chi connectivity index (χ4v) is 4.07. The zero-order valence-electron chi connectivity index (χ0n) is 16.1. The zero-order chi connectivity index (χ0) is 19.4. The molecular formula is C22H22O6. The van der Waals surface area contributed by atoms with E-state index in [1.54, 1.807) is 7.11 Å². The van der Waals surface area contributed by atoms with Crippen molar-refractivity contribution in [3.8, 4) is 34.5 Å². The summed E-state index contributed by atoms with van der Waals surface area (Å²) in [7, 11) is 1.54. The minimum absolute atomic E-state index is 0.0440. The third-order valence-corrected chi connectivity index (χ3v) is 5.49. The Kier molecular flexibility index (Phi) is 3.82. The van der Waals surface area contributed by atoms with Gasteiger partial charge in [0, 0.05) is 22.8 Å². The SMILES string of the molecule is COc1c(O)c(CC=C(C)C)cc2c1OC[C@H]1c3cc4c(cc3O[C@@H]21)OCO4. The van der Waals surface area contributed by atoms with Gasteiger partial charge in [0.25, 0.3) is 0 Å². The molecule has 0 aliphatic carbocycles. The highest BCUT2D eigenvalue weighted by atomic mass is 16.7. The maximum absolute atomic E-state index is 10.7. The molecule has 28 heavy (non-hydrogen) atoms. The van der Waals surface area contributed by atoms with E-state index in [2.05, 4.69) is 6.08 Å². The van der Waals surface area contributed by atoms with Gasteiger partial charge in [0.15, 0.2) is 23.0 Å². The first-order chi connectivity index (χ1) is 13.6. The molecule has 0 saturated carbocycles. The Morgan fingerprint density at radius 3 is 2.64 bits per heavy atom. The lowest BCUT2D eigenvalue weighted by atomic mass is 9.87. The topological polar surface area (TPSA) is 66.4 Å². The lowest BCUT2D eigenvalue weighted by molar-refractivity contribution is 0.134. The molecule has 5 rings (SSSR count). The predicted molar refractivity (Wildman–Crippen MR) is 102 cm³/mol. The molecule has 0 amide bonds. The molecule has 2 atom stereocenters. The summed E-state index contributed by atoms with van der Waals surface area (Å²) in [5.74, 6) is 3.30. The lowest BCUT2D eigenvalue weighted by Gasteiger charge is -2.30. The van der Waals surface area contributed by atoms with Gasteiger partial charge >= 0.3 is 0 Å². The van der Waals surface area contributed by atoms with Crippen LogP contribution in [0.25, 0.3) is 0 Å². The second-order valence-corrected chi connectivity index (χ2v) is 7.52. The average molecular weight is 382 g/mol. The molecule has 0 radical (unpaired) electrons. The van der Waals surface area contributed by atoms with Gasteiger partial charge < -0.3 is 28.8 Å². The summed E-state index contributed by atoms with van der Waals surface area (Å²) in [5, 5.41) is 10.7. The monoisotopic (exact) mass is 382 g/mol. The molecule has 6 heteroatoms. The van der Waals surface area contributed by atoms with Gasteiger partial charge in [-0.1, -0.05) is 11.6 Å². The number of benzene rings is 2. The molecule has 2 aromatic carbocycles. The largest absolute Gasteiger partial charge is 0.504 e. The van der Waals surface area contributed by atoms with E-state index in [4.69, 9.17) is 23.7 Å². The van der Waals surface area contributed by atoms with Gasteiger partial charge in [-0.05, 0) is 32.4 Å². The van der Waals surface area contributed by atoms with Crippen molar-refractivity contribution in [2.75, 3.05) is 20.5 Å². The molecular weight excluding hydrogens is 360 g/mol. The first kappa shape index (κ1) is 17.1. The first-order valence-corrected chi connectivity index (χ1v) is 9.36. The van der Waals surface area contributed by atoms with Crippen molar-refractivity contribution in [1.82, 2.24) is 0 Å². The predicted octanol–water partition coefficient (Wildman–Crippen LogP) is 4.25. The van der Waals surface area contributed by atoms with Gasteiger partial charge in [-0.15, -0.1) is 0 Å². The number of hydrogen-bond acceptors (Lipinski definition) is 6. The Balaban J connectivity index is 1.59. The molecule has 0 fully saturated rings. The Morgan fingerprint density at radius 2 is 1.89 bits per heavy atom. The van der Waals surface area contributed by atoms with Crippen LogP contribution in [0.15, 0.2) is 29.8 Å². The molecule has 0 bridgehead atoms. The zero-order valence-corrected chi connectivity index (χ0v) is 16.1. The maximum Gasteiger partial charge on any atom is 0.231 e. The third-order valence-electron chi connectivity index (χ3n) is 5.49. The number of aromatic hydroxyl groups is 1. The molecule has 1 N–H and O–H groups in total. The fraction of sp³-hybridized carbons (Fsp3) is 0.364. The van der Waals surface area contributed by atoms with Gasteiger partial charge in [0.1, 0.15) is 11.9 Å². The number of fused-ring (bicyclic) bond motifs is 6. The number of phenols is 1. The van der Waals surface area contributed by atoms with Crippen LogP contribution in [-0.2, 0) is 6.42 Å². The molecule has 2 aromatic rings. The number of hydrogen-bond donors (Lipinski definition) is 1. The highest BCUT2D eigenvalue weighted by Crippen LogP contribution is 2.57. The smallest absolute Gasteiger partial charge is 0.231 e. The van der Waals surface area contributed by atoms with Crippen molar-refractivity contribution in [2.45, 2.75) is 32.3 Å². The molecule has 0 unspecified atom stereocenters. The summed E-state index contributed by atoms with van der Waals surface area (Å²) in [6.07, 6.45) is 2.48. The molecule has 0 saturated heterocycles. The van der Waals surface area contributed by atoms with Crippen LogP contribution in [0.2, 0.25) is 0 Å². The summed E-state index contributed by atoms with van der Waals surface area (Å²) in [5.41, 5.74) is 3.91. The quantitative estimate of drug-likeness (QED) is 0.801. The first-order valence-electron chi connectivity index (χ1n) is 9.36. The molecule has 0 spiro atoms. The molecule has 3 heterocycles. The van der Waals surface area contributed by atoms with E-state index in [0.717, 1.165) is 28.2 Å². The Hall–Kier alpha value is -3.02. The number of rotatable bonds is 3. The van der Waals surface area contributed by atoms with Crippen LogP contribution in [-0.4, -0.2) is 25.6 Å². The summed E-state index contributed by atoms with van der Waals surface area (Å²) >= 11 is 0. The van der Waals surface area contributed by atoms with Crippen molar-refractivity contribution < 1.29 is 28.8 Å². The van der Waals surface area contributed by atoms with Gasteiger partial charge in [0.2, 0.25) is 12.5 Å². The normalized spacial score (nSPS) is 20.4. The highest BCUT2D eigenvalue weighted by Gasteiger charge is 2.43. The van der Waals surface area contributed by atoms with Crippen LogP contribution in [0.4, 0.5) is 0 Å². The second-order valence-electron chi connectivity index (χ2n) is 7.52. The third kappa shape index (κ3) is 2.47. The number of ether oxygens (including phenoxy) is 5.